The summed E-state index contributed by atoms with van der Waals surface area (Å²) in [5.74, 6) is -0.128. The summed E-state index contributed by atoms with van der Waals surface area (Å²) >= 11 is 0. The number of carbonyl (C=O) groups excluding carboxylic acids is 3. The van der Waals surface area contributed by atoms with Crippen LogP contribution in [0.3, 0.4) is 0 Å². The molecule has 2 N–H and O–H groups in total. The van der Waals surface area contributed by atoms with Crippen LogP contribution in [0.25, 0.3) is 6.08 Å². The number of nitrogens with zero attached hydrogens (tertiary/aromatic N) is 1. The van der Waals surface area contributed by atoms with E-state index in [9.17, 15) is 14.4 Å². The normalized spacial score (nSPS) is 15.1. The molecule has 1 aliphatic heterocycles. The fourth-order valence-corrected chi connectivity index (χ4v) is 3.09. The fraction of sp³-hybridized carbons (Fsp3) is 0.522. The van der Waals surface area contributed by atoms with Gasteiger partial charge >= 0.3 is 6.09 Å². The number of nitrogens with one attached hydrogen (secondary N) is 2. The molecule has 0 atom stereocenters. The van der Waals surface area contributed by atoms with Crippen molar-refractivity contribution in [1.82, 2.24) is 15.5 Å². The Labute approximate surface area is 178 Å². The lowest BCUT2D eigenvalue weighted by molar-refractivity contribution is -0.127. The van der Waals surface area contributed by atoms with Gasteiger partial charge in [-0.2, -0.15) is 0 Å². The zero-order valence-corrected chi connectivity index (χ0v) is 18.4. The number of alkyl carbamates (subject to hydrolysis) is 1. The zero-order valence-electron chi connectivity index (χ0n) is 18.4. The quantitative estimate of drug-likeness (QED) is 0.699. The van der Waals surface area contributed by atoms with E-state index in [0.717, 1.165) is 18.4 Å². The Hall–Kier alpha value is -2.83. The minimum atomic E-state index is -0.562. The van der Waals surface area contributed by atoms with E-state index in [4.69, 9.17) is 4.74 Å². The molecule has 1 fully saturated rings. The van der Waals surface area contributed by atoms with Gasteiger partial charge in [0.05, 0.1) is 0 Å². The van der Waals surface area contributed by atoms with Gasteiger partial charge in [-0.25, -0.2) is 4.79 Å². The van der Waals surface area contributed by atoms with Gasteiger partial charge < -0.3 is 20.3 Å². The molecule has 0 aromatic heterocycles. The second kappa shape index (κ2) is 10.8. The Morgan fingerprint density at radius 1 is 1.13 bits per heavy atom. The number of likely N-dealkylation sites (tertiary alicyclic amines) is 1. The molecule has 7 nitrogen and oxygen atoms in total. The molecule has 0 aliphatic carbocycles. The molecular formula is C23H33N3O4. The van der Waals surface area contributed by atoms with Crippen molar-refractivity contribution in [3.05, 3.63) is 41.5 Å². The van der Waals surface area contributed by atoms with Gasteiger partial charge in [0.1, 0.15) is 5.60 Å². The Balaban J connectivity index is 1.66. The summed E-state index contributed by atoms with van der Waals surface area (Å²) in [5.41, 5.74) is 1.62. The first-order valence-corrected chi connectivity index (χ1v) is 10.4. The van der Waals surface area contributed by atoms with E-state index >= 15 is 0 Å². The van der Waals surface area contributed by atoms with Crippen LogP contribution in [0.2, 0.25) is 0 Å². The van der Waals surface area contributed by atoms with Crippen molar-refractivity contribution in [2.45, 2.75) is 58.6 Å². The Bertz CT molecular complexity index is 758. The number of benzene rings is 1. The molecule has 7 heteroatoms. The van der Waals surface area contributed by atoms with E-state index in [1.54, 1.807) is 31.7 Å². The van der Waals surface area contributed by atoms with Crippen LogP contribution in [-0.2, 0) is 14.3 Å². The van der Waals surface area contributed by atoms with Gasteiger partial charge in [-0.15, -0.1) is 0 Å². The molecule has 0 spiro atoms. The van der Waals surface area contributed by atoms with Gasteiger partial charge in [-0.3, -0.25) is 9.59 Å². The molecule has 30 heavy (non-hydrogen) atoms. The first kappa shape index (κ1) is 23.4. The summed E-state index contributed by atoms with van der Waals surface area (Å²) in [6.45, 7) is 8.83. The third kappa shape index (κ3) is 8.68. The van der Waals surface area contributed by atoms with Gasteiger partial charge in [0, 0.05) is 38.2 Å². The first-order valence-electron chi connectivity index (χ1n) is 10.4. The van der Waals surface area contributed by atoms with E-state index in [2.05, 4.69) is 10.6 Å². The predicted molar refractivity (Wildman–Crippen MR) is 117 cm³/mol. The maximum atomic E-state index is 12.4. The average molecular weight is 416 g/mol. The highest BCUT2D eigenvalue weighted by molar-refractivity contribution is 5.91. The van der Waals surface area contributed by atoms with Crippen molar-refractivity contribution in [2.24, 2.45) is 0 Å². The van der Waals surface area contributed by atoms with E-state index in [0.29, 0.717) is 13.1 Å². The Morgan fingerprint density at radius 3 is 2.37 bits per heavy atom. The number of carbonyl (C=O) groups is 3. The minimum Gasteiger partial charge on any atom is -0.444 e. The number of aryl methyl sites for hydroxylation is 1. The highest BCUT2D eigenvalue weighted by Crippen LogP contribution is 2.12. The third-order valence-corrected chi connectivity index (χ3v) is 4.69. The summed E-state index contributed by atoms with van der Waals surface area (Å²) in [6.07, 6.45) is 4.53. The summed E-state index contributed by atoms with van der Waals surface area (Å²) in [6, 6.07) is 8.05. The second-order valence-electron chi connectivity index (χ2n) is 8.59. The van der Waals surface area contributed by atoms with Crippen LogP contribution in [0.1, 0.15) is 51.2 Å². The molecule has 1 heterocycles. The number of hydrogen-bond donors (Lipinski definition) is 2. The molecule has 164 valence electrons. The summed E-state index contributed by atoms with van der Waals surface area (Å²) in [4.78, 5) is 37.8. The Kier molecular flexibility index (Phi) is 8.45. The second-order valence-corrected chi connectivity index (χ2v) is 8.59. The van der Waals surface area contributed by atoms with E-state index in [-0.39, 0.29) is 30.8 Å². The average Bonchev–Trinajstić information content (AvgIpc) is 2.66. The first-order chi connectivity index (χ1) is 14.1. The zero-order chi connectivity index (χ0) is 22.1. The lowest BCUT2D eigenvalue weighted by Crippen LogP contribution is -2.46. The molecule has 2 rings (SSSR count). The van der Waals surface area contributed by atoms with Crippen molar-refractivity contribution in [3.8, 4) is 0 Å². The summed E-state index contributed by atoms with van der Waals surface area (Å²) < 4.78 is 5.13. The smallest absolute Gasteiger partial charge is 0.407 e. The molecule has 1 aliphatic rings. The molecule has 1 aromatic carbocycles. The summed E-state index contributed by atoms with van der Waals surface area (Å²) in [7, 11) is 0. The summed E-state index contributed by atoms with van der Waals surface area (Å²) in [5, 5.41) is 5.55. The SMILES string of the molecule is Cc1ccc(/C=C/C(=O)N2CCC(NC(=O)CCNC(=O)OC(C)(C)C)CC2)cc1. The van der Waals surface area contributed by atoms with Crippen LogP contribution in [0.5, 0.6) is 0 Å². The van der Waals surface area contributed by atoms with Crippen molar-refractivity contribution in [1.29, 1.82) is 0 Å². The van der Waals surface area contributed by atoms with Crippen molar-refractivity contribution in [3.63, 3.8) is 0 Å². The molecule has 0 radical (unpaired) electrons. The van der Waals surface area contributed by atoms with Gasteiger partial charge in [0.25, 0.3) is 0 Å². The van der Waals surface area contributed by atoms with Crippen LogP contribution in [0.4, 0.5) is 4.79 Å². The number of ether oxygens (including phenoxy) is 1. The van der Waals surface area contributed by atoms with Gasteiger partial charge in [0.15, 0.2) is 0 Å². The van der Waals surface area contributed by atoms with Crippen LogP contribution in [-0.4, -0.2) is 54.1 Å². The van der Waals surface area contributed by atoms with Crippen LogP contribution in [0.15, 0.2) is 30.3 Å². The van der Waals surface area contributed by atoms with E-state index in [1.165, 1.54) is 5.56 Å². The standard InChI is InChI=1S/C23H33N3O4/c1-17-5-7-18(8-6-17)9-10-21(28)26-15-12-19(13-16-26)25-20(27)11-14-24-22(29)30-23(2,3)4/h5-10,19H,11-16H2,1-4H3,(H,24,29)(H,25,27)/b10-9+. The van der Waals surface area contributed by atoms with E-state index < -0.39 is 11.7 Å². The van der Waals surface area contributed by atoms with Crippen LogP contribution in [0, 0.1) is 6.92 Å². The number of rotatable bonds is 6. The third-order valence-electron chi connectivity index (χ3n) is 4.69. The monoisotopic (exact) mass is 415 g/mol. The Morgan fingerprint density at radius 2 is 1.77 bits per heavy atom. The largest absolute Gasteiger partial charge is 0.444 e. The number of piperidine rings is 1. The molecule has 0 unspecified atom stereocenters. The molecule has 3 amide bonds. The van der Waals surface area contributed by atoms with Crippen molar-refractivity contribution >= 4 is 24.0 Å². The maximum Gasteiger partial charge on any atom is 0.407 e. The van der Waals surface area contributed by atoms with E-state index in [1.807, 2.05) is 37.3 Å². The molecule has 0 saturated carbocycles. The molecule has 1 saturated heterocycles. The minimum absolute atomic E-state index is 0.0121. The van der Waals surface area contributed by atoms with Gasteiger partial charge in [-0.05, 0) is 52.2 Å². The van der Waals surface area contributed by atoms with Gasteiger partial charge in [-0.1, -0.05) is 29.8 Å². The lowest BCUT2D eigenvalue weighted by atomic mass is 10.0. The topological polar surface area (TPSA) is 87.7 Å². The fourth-order valence-electron chi connectivity index (χ4n) is 3.09. The van der Waals surface area contributed by atoms with Crippen LogP contribution < -0.4 is 10.6 Å². The lowest BCUT2D eigenvalue weighted by Gasteiger charge is -2.31. The van der Waals surface area contributed by atoms with Crippen molar-refractivity contribution in [2.75, 3.05) is 19.6 Å². The molecular weight excluding hydrogens is 382 g/mol. The van der Waals surface area contributed by atoms with Gasteiger partial charge in [0.2, 0.25) is 11.8 Å². The van der Waals surface area contributed by atoms with Crippen molar-refractivity contribution < 1.29 is 19.1 Å². The maximum absolute atomic E-state index is 12.4. The van der Waals surface area contributed by atoms with Crippen LogP contribution >= 0.6 is 0 Å². The highest BCUT2D eigenvalue weighted by Gasteiger charge is 2.23. The predicted octanol–water partition coefficient (Wildman–Crippen LogP) is 3.03. The molecule has 1 aromatic rings. The highest BCUT2D eigenvalue weighted by atomic mass is 16.6. The number of hydrogen-bond acceptors (Lipinski definition) is 4. The molecule has 0 bridgehead atoms. The number of amides is 3.